The van der Waals surface area contributed by atoms with Crippen LogP contribution in [0.15, 0.2) is 78.0 Å². The Morgan fingerprint density at radius 2 is 1.66 bits per heavy atom. The molecule has 3 aromatic rings. The van der Waals surface area contributed by atoms with E-state index >= 15 is 0 Å². The first kappa shape index (κ1) is 25.6. The summed E-state index contributed by atoms with van der Waals surface area (Å²) in [6.45, 7) is 4.51. The van der Waals surface area contributed by atoms with Crippen LogP contribution >= 0.6 is 0 Å². The van der Waals surface area contributed by atoms with Crippen LogP contribution in [0.3, 0.4) is 0 Å². The predicted molar refractivity (Wildman–Crippen MR) is 134 cm³/mol. The summed E-state index contributed by atoms with van der Waals surface area (Å²) in [5.74, 6) is 1.18. The Balaban J connectivity index is 1.58. The van der Waals surface area contributed by atoms with Gasteiger partial charge in [-0.2, -0.15) is 0 Å². The monoisotopic (exact) mass is 477 g/mol. The lowest BCUT2D eigenvalue weighted by atomic mass is 10.1. The van der Waals surface area contributed by atoms with Gasteiger partial charge in [-0.15, -0.1) is 0 Å². The first-order valence-corrected chi connectivity index (χ1v) is 11.5. The molecule has 0 aliphatic rings. The summed E-state index contributed by atoms with van der Waals surface area (Å²) in [5, 5.41) is 13.1. The second-order valence-corrected chi connectivity index (χ2v) is 8.14. The highest BCUT2D eigenvalue weighted by molar-refractivity contribution is 6.01. The maximum Gasteiger partial charge on any atom is 0.303 e. The summed E-state index contributed by atoms with van der Waals surface area (Å²) in [4.78, 5) is 15.9. The number of aryl methyl sites for hydroxylation is 1. The van der Waals surface area contributed by atoms with Crippen LogP contribution in [0, 0.1) is 0 Å². The second kappa shape index (κ2) is 13.0. The lowest BCUT2D eigenvalue weighted by molar-refractivity contribution is -0.136. The van der Waals surface area contributed by atoms with E-state index in [9.17, 15) is 4.79 Å². The van der Waals surface area contributed by atoms with Crippen molar-refractivity contribution in [3.63, 3.8) is 0 Å². The molecule has 7 nitrogen and oxygen atoms in total. The van der Waals surface area contributed by atoms with Crippen molar-refractivity contribution in [1.82, 2.24) is 0 Å². The van der Waals surface area contributed by atoms with Crippen LogP contribution in [0.2, 0.25) is 0 Å². The molecular weight excluding hydrogens is 446 g/mol. The molecule has 7 heteroatoms. The van der Waals surface area contributed by atoms with Gasteiger partial charge in [0.15, 0.2) is 0 Å². The molecule has 0 atom stereocenters. The Morgan fingerprint density at radius 1 is 0.943 bits per heavy atom. The van der Waals surface area contributed by atoms with E-state index in [1.54, 1.807) is 0 Å². The van der Waals surface area contributed by atoms with Crippen LogP contribution in [-0.2, 0) is 22.7 Å². The zero-order chi connectivity index (χ0) is 25.0. The fourth-order valence-electron chi connectivity index (χ4n) is 3.34. The number of hydrogen-bond donors (Lipinski definition) is 1. The quantitative estimate of drug-likeness (QED) is 0.258. The number of rotatable bonds is 13. The first-order valence-electron chi connectivity index (χ1n) is 11.5. The van der Waals surface area contributed by atoms with E-state index in [0.29, 0.717) is 36.0 Å². The molecule has 0 amide bonds. The van der Waals surface area contributed by atoms with E-state index in [1.165, 1.54) is 7.11 Å². The lowest BCUT2D eigenvalue weighted by Crippen LogP contribution is -2.13. The summed E-state index contributed by atoms with van der Waals surface area (Å²) >= 11 is 0. The third-order valence-electron chi connectivity index (χ3n) is 5.02. The minimum atomic E-state index is -0.837. The highest BCUT2D eigenvalue weighted by atomic mass is 16.6. The van der Waals surface area contributed by atoms with Crippen molar-refractivity contribution in [2.45, 2.75) is 39.4 Å². The van der Waals surface area contributed by atoms with Gasteiger partial charge in [0.2, 0.25) is 0 Å². The first-order chi connectivity index (χ1) is 16.9. The molecular formula is C28H31NO6. The zero-order valence-electron chi connectivity index (χ0n) is 20.3. The highest BCUT2D eigenvalue weighted by Gasteiger charge is 2.11. The summed E-state index contributed by atoms with van der Waals surface area (Å²) in [7, 11) is 1.51. The van der Waals surface area contributed by atoms with Crippen LogP contribution in [-0.4, -0.2) is 36.6 Å². The Labute approximate surface area is 205 Å². The fraction of sp³-hybridized carbons (Fsp3) is 0.286. The van der Waals surface area contributed by atoms with E-state index < -0.39 is 5.97 Å². The number of aliphatic carboxylic acids is 1. The molecule has 0 aliphatic heterocycles. The Morgan fingerprint density at radius 3 is 2.31 bits per heavy atom. The number of benzene rings is 3. The maximum absolute atomic E-state index is 10.9. The molecule has 0 aliphatic carbocycles. The molecule has 0 unspecified atom stereocenters. The molecule has 0 radical (unpaired) electrons. The van der Waals surface area contributed by atoms with E-state index in [0.717, 1.165) is 16.7 Å². The van der Waals surface area contributed by atoms with Crippen molar-refractivity contribution in [1.29, 1.82) is 0 Å². The van der Waals surface area contributed by atoms with Gasteiger partial charge in [-0.1, -0.05) is 53.7 Å². The van der Waals surface area contributed by atoms with Gasteiger partial charge in [0, 0.05) is 18.1 Å². The SMILES string of the molecule is CO/N=C(/COc1ccc(COc2ccc(CCC(=O)O)c(OC(C)C)c2)cc1)c1ccccc1. The van der Waals surface area contributed by atoms with Gasteiger partial charge in [0.25, 0.3) is 0 Å². The zero-order valence-corrected chi connectivity index (χ0v) is 20.3. The number of nitrogens with zero attached hydrogens (tertiary/aromatic N) is 1. The maximum atomic E-state index is 10.9. The minimum absolute atomic E-state index is 0.0299. The minimum Gasteiger partial charge on any atom is -0.491 e. The average Bonchev–Trinajstić information content (AvgIpc) is 2.85. The molecule has 35 heavy (non-hydrogen) atoms. The molecule has 0 bridgehead atoms. The highest BCUT2D eigenvalue weighted by Crippen LogP contribution is 2.28. The Kier molecular flexibility index (Phi) is 9.54. The Bertz CT molecular complexity index is 1110. The van der Waals surface area contributed by atoms with Gasteiger partial charge in [0.05, 0.1) is 6.10 Å². The number of hydrogen-bond acceptors (Lipinski definition) is 6. The summed E-state index contributed by atoms with van der Waals surface area (Å²) in [6, 6.07) is 22.9. The molecule has 0 heterocycles. The standard InChI is InChI=1S/C28H31NO6/c1-20(2)35-27-17-25(15-11-23(27)12-16-28(30)31)33-18-21-9-13-24(14-10-21)34-19-26(29-32-3)22-7-5-4-6-8-22/h4-11,13-15,17,20H,12,16,18-19H2,1-3H3,(H,30,31)/b29-26-. The molecule has 0 spiro atoms. The van der Waals surface area contributed by atoms with Crippen molar-refractivity contribution >= 4 is 11.7 Å². The molecule has 3 aromatic carbocycles. The van der Waals surface area contributed by atoms with Crippen molar-refractivity contribution in [2.75, 3.05) is 13.7 Å². The molecule has 184 valence electrons. The van der Waals surface area contributed by atoms with Gasteiger partial charge >= 0.3 is 5.97 Å². The van der Waals surface area contributed by atoms with Gasteiger partial charge in [0.1, 0.15) is 43.3 Å². The smallest absolute Gasteiger partial charge is 0.303 e. The number of carboxylic acids is 1. The van der Waals surface area contributed by atoms with Crippen molar-refractivity contribution in [3.8, 4) is 17.2 Å². The number of carboxylic acid groups (broad SMARTS) is 1. The van der Waals surface area contributed by atoms with Crippen LogP contribution in [0.4, 0.5) is 0 Å². The van der Waals surface area contributed by atoms with Gasteiger partial charge < -0.3 is 24.2 Å². The van der Waals surface area contributed by atoms with E-state index in [1.807, 2.05) is 86.6 Å². The third-order valence-corrected chi connectivity index (χ3v) is 5.02. The van der Waals surface area contributed by atoms with E-state index in [-0.39, 0.29) is 19.1 Å². The van der Waals surface area contributed by atoms with E-state index in [4.69, 9.17) is 24.2 Å². The molecule has 0 saturated carbocycles. The van der Waals surface area contributed by atoms with Crippen LogP contribution in [0.25, 0.3) is 0 Å². The van der Waals surface area contributed by atoms with Crippen molar-refractivity contribution in [3.05, 3.63) is 89.5 Å². The topological polar surface area (TPSA) is 86.6 Å². The van der Waals surface area contributed by atoms with E-state index in [2.05, 4.69) is 5.16 Å². The largest absolute Gasteiger partial charge is 0.491 e. The normalized spacial score (nSPS) is 11.3. The fourth-order valence-corrected chi connectivity index (χ4v) is 3.34. The number of ether oxygens (including phenoxy) is 3. The van der Waals surface area contributed by atoms with Gasteiger partial charge in [-0.3, -0.25) is 4.79 Å². The summed E-state index contributed by atoms with van der Waals surface area (Å²) in [5.41, 5.74) is 3.47. The Hall–Kier alpha value is -4.00. The lowest BCUT2D eigenvalue weighted by Gasteiger charge is -2.16. The molecule has 0 saturated heterocycles. The number of carbonyl (C=O) groups is 1. The molecule has 0 aromatic heterocycles. The molecule has 1 N–H and O–H groups in total. The van der Waals surface area contributed by atoms with Gasteiger partial charge in [-0.25, -0.2) is 0 Å². The van der Waals surface area contributed by atoms with Crippen LogP contribution in [0.5, 0.6) is 17.2 Å². The van der Waals surface area contributed by atoms with Crippen molar-refractivity contribution in [2.24, 2.45) is 5.16 Å². The molecule has 0 fully saturated rings. The van der Waals surface area contributed by atoms with Gasteiger partial charge in [-0.05, 0) is 49.6 Å². The summed E-state index contributed by atoms with van der Waals surface area (Å²) < 4.78 is 17.7. The average molecular weight is 478 g/mol. The molecule has 3 rings (SSSR count). The van der Waals surface area contributed by atoms with Crippen LogP contribution < -0.4 is 14.2 Å². The third kappa shape index (κ3) is 8.37. The predicted octanol–water partition coefficient (Wildman–Crippen LogP) is 5.50. The van der Waals surface area contributed by atoms with Crippen LogP contribution in [0.1, 0.15) is 37.0 Å². The number of oxime groups is 1. The second-order valence-electron chi connectivity index (χ2n) is 8.14. The van der Waals surface area contributed by atoms with Crippen molar-refractivity contribution < 1.29 is 28.9 Å². The summed E-state index contributed by atoms with van der Waals surface area (Å²) in [6.07, 6.45) is 0.422.